The van der Waals surface area contributed by atoms with Gasteiger partial charge in [0, 0.05) is 23.9 Å². The lowest BCUT2D eigenvalue weighted by atomic mass is 10.1. The highest BCUT2D eigenvalue weighted by atomic mass is 16.1. The van der Waals surface area contributed by atoms with Gasteiger partial charge in [-0.15, -0.1) is 5.10 Å². The lowest BCUT2D eigenvalue weighted by Gasteiger charge is -2.07. The third kappa shape index (κ3) is 2.85. The molecule has 0 aliphatic heterocycles. The molecule has 0 unspecified atom stereocenters. The number of anilines is 1. The zero-order chi connectivity index (χ0) is 15.5. The molecular formula is C16H15N5O. The zero-order valence-electron chi connectivity index (χ0n) is 12.3. The van der Waals surface area contributed by atoms with Gasteiger partial charge < -0.3 is 5.32 Å². The van der Waals surface area contributed by atoms with Crippen LogP contribution in [-0.2, 0) is 7.05 Å². The van der Waals surface area contributed by atoms with E-state index in [9.17, 15) is 4.79 Å². The summed E-state index contributed by atoms with van der Waals surface area (Å²) in [5.41, 5.74) is 3.22. The quantitative estimate of drug-likeness (QED) is 0.805. The number of hydrogen-bond acceptors (Lipinski definition) is 4. The van der Waals surface area contributed by atoms with Gasteiger partial charge in [0.1, 0.15) is 0 Å². The summed E-state index contributed by atoms with van der Waals surface area (Å²) in [5, 5.41) is 14.3. The monoisotopic (exact) mass is 293 g/mol. The number of nitrogens with zero attached hydrogens (tertiary/aromatic N) is 4. The highest BCUT2D eigenvalue weighted by molar-refractivity contribution is 6.04. The van der Waals surface area contributed by atoms with Gasteiger partial charge in [-0.25, -0.2) is 4.68 Å². The smallest absolute Gasteiger partial charge is 0.255 e. The number of aromatic nitrogens is 4. The van der Waals surface area contributed by atoms with Crippen molar-refractivity contribution in [2.45, 2.75) is 6.92 Å². The normalized spacial score (nSPS) is 10.5. The van der Waals surface area contributed by atoms with Gasteiger partial charge in [0.15, 0.2) is 5.82 Å². The van der Waals surface area contributed by atoms with Crippen LogP contribution in [0.4, 0.5) is 5.69 Å². The summed E-state index contributed by atoms with van der Waals surface area (Å²) in [6.45, 7) is 1.96. The Labute approximate surface area is 127 Å². The van der Waals surface area contributed by atoms with Crippen molar-refractivity contribution in [1.82, 2.24) is 20.2 Å². The fourth-order valence-corrected chi connectivity index (χ4v) is 2.20. The summed E-state index contributed by atoms with van der Waals surface area (Å²) >= 11 is 0. The minimum absolute atomic E-state index is 0.142. The molecule has 0 spiro atoms. The van der Waals surface area contributed by atoms with E-state index < -0.39 is 0 Å². The second-order valence-corrected chi connectivity index (χ2v) is 5.03. The predicted octanol–water partition coefficient (Wildman–Crippen LogP) is 2.44. The Balaban J connectivity index is 1.84. The van der Waals surface area contributed by atoms with E-state index in [1.807, 2.05) is 49.4 Å². The van der Waals surface area contributed by atoms with E-state index in [2.05, 4.69) is 20.8 Å². The molecule has 0 radical (unpaired) electrons. The molecule has 22 heavy (non-hydrogen) atoms. The van der Waals surface area contributed by atoms with E-state index in [0.29, 0.717) is 17.1 Å². The summed E-state index contributed by atoms with van der Waals surface area (Å²) < 4.78 is 1.58. The van der Waals surface area contributed by atoms with Gasteiger partial charge in [-0.05, 0) is 41.6 Å². The van der Waals surface area contributed by atoms with E-state index in [0.717, 1.165) is 11.1 Å². The number of benzene rings is 2. The van der Waals surface area contributed by atoms with E-state index in [4.69, 9.17) is 0 Å². The van der Waals surface area contributed by atoms with Gasteiger partial charge >= 0.3 is 0 Å². The SMILES string of the molecule is Cc1cccc(C(=O)Nc2cccc(-c3nnnn3C)c2)c1. The van der Waals surface area contributed by atoms with Crippen molar-refractivity contribution < 1.29 is 4.79 Å². The summed E-state index contributed by atoms with van der Waals surface area (Å²) in [6, 6.07) is 14.9. The molecule has 0 saturated carbocycles. The molecule has 6 heteroatoms. The molecule has 110 valence electrons. The Morgan fingerprint density at radius 3 is 2.68 bits per heavy atom. The number of hydrogen-bond donors (Lipinski definition) is 1. The van der Waals surface area contributed by atoms with Crippen molar-refractivity contribution in [3.63, 3.8) is 0 Å². The van der Waals surface area contributed by atoms with E-state index in [1.54, 1.807) is 17.8 Å². The fourth-order valence-electron chi connectivity index (χ4n) is 2.20. The van der Waals surface area contributed by atoms with Crippen LogP contribution in [0.3, 0.4) is 0 Å². The van der Waals surface area contributed by atoms with E-state index in [-0.39, 0.29) is 5.91 Å². The van der Waals surface area contributed by atoms with Crippen LogP contribution >= 0.6 is 0 Å². The maximum atomic E-state index is 12.3. The van der Waals surface area contributed by atoms with E-state index in [1.165, 1.54) is 0 Å². The Morgan fingerprint density at radius 2 is 1.95 bits per heavy atom. The minimum atomic E-state index is -0.142. The standard InChI is InChI=1S/C16H15N5O/c1-11-5-3-7-13(9-11)16(22)17-14-8-4-6-12(10-14)15-18-19-20-21(15)2/h3-10H,1-2H3,(H,17,22). The summed E-state index contributed by atoms with van der Waals surface area (Å²) in [6.07, 6.45) is 0. The average Bonchev–Trinajstić information content (AvgIpc) is 2.94. The van der Waals surface area contributed by atoms with Crippen molar-refractivity contribution >= 4 is 11.6 Å². The summed E-state index contributed by atoms with van der Waals surface area (Å²) in [4.78, 5) is 12.3. The highest BCUT2D eigenvalue weighted by Crippen LogP contribution is 2.20. The molecular weight excluding hydrogens is 278 g/mol. The molecule has 0 atom stereocenters. The van der Waals surface area contributed by atoms with Crippen molar-refractivity contribution in [3.8, 4) is 11.4 Å². The van der Waals surface area contributed by atoms with Gasteiger partial charge in [0.2, 0.25) is 0 Å². The van der Waals surface area contributed by atoms with Gasteiger partial charge in [-0.1, -0.05) is 29.8 Å². The lowest BCUT2D eigenvalue weighted by molar-refractivity contribution is 0.102. The van der Waals surface area contributed by atoms with Gasteiger partial charge in [0.05, 0.1) is 0 Å². The van der Waals surface area contributed by atoms with Crippen LogP contribution in [0.2, 0.25) is 0 Å². The van der Waals surface area contributed by atoms with Crippen LogP contribution < -0.4 is 5.32 Å². The first-order chi connectivity index (χ1) is 10.6. The van der Waals surface area contributed by atoms with Crippen LogP contribution in [0.5, 0.6) is 0 Å². The van der Waals surface area contributed by atoms with Gasteiger partial charge in [-0.3, -0.25) is 4.79 Å². The van der Waals surface area contributed by atoms with Crippen LogP contribution in [0.25, 0.3) is 11.4 Å². The molecule has 3 rings (SSSR count). The van der Waals surface area contributed by atoms with Crippen molar-refractivity contribution in [2.75, 3.05) is 5.32 Å². The van der Waals surface area contributed by atoms with Crippen molar-refractivity contribution in [3.05, 3.63) is 59.7 Å². The lowest BCUT2D eigenvalue weighted by Crippen LogP contribution is -2.12. The molecule has 1 heterocycles. The molecule has 2 aromatic carbocycles. The molecule has 3 aromatic rings. The first-order valence-electron chi connectivity index (χ1n) is 6.84. The highest BCUT2D eigenvalue weighted by Gasteiger charge is 2.09. The van der Waals surface area contributed by atoms with Crippen molar-refractivity contribution in [1.29, 1.82) is 0 Å². The third-order valence-electron chi connectivity index (χ3n) is 3.28. The third-order valence-corrected chi connectivity index (χ3v) is 3.28. The van der Waals surface area contributed by atoms with Crippen LogP contribution in [0, 0.1) is 6.92 Å². The molecule has 1 aromatic heterocycles. The fraction of sp³-hybridized carbons (Fsp3) is 0.125. The van der Waals surface area contributed by atoms with Gasteiger partial charge in [-0.2, -0.15) is 0 Å². The molecule has 6 nitrogen and oxygen atoms in total. The largest absolute Gasteiger partial charge is 0.322 e. The Kier molecular flexibility index (Phi) is 3.65. The number of tetrazole rings is 1. The van der Waals surface area contributed by atoms with E-state index >= 15 is 0 Å². The second kappa shape index (κ2) is 5.77. The maximum Gasteiger partial charge on any atom is 0.255 e. The maximum absolute atomic E-state index is 12.3. The molecule has 0 aliphatic rings. The summed E-state index contributed by atoms with van der Waals surface area (Å²) in [7, 11) is 1.77. The topological polar surface area (TPSA) is 72.7 Å². The molecule has 0 fully saturated rings. The number of amides is 1. The predicted molar refractivity (Wildman–Crippen MR) is 83.4 cm³/mol. The number of rotatable bonds is 3. The zero-order valence-corrected chi connectivity index (χ0v) is 12.3. The number of carbonyl (C=O) groups excluding carboxylic acids is 1. The Morgan fingerprint density at radius 1 is 1.14 bits per heavy atom. The summed E-state index contributed by atoms with van der Waals surface area (Å²) in [5.74, 6) is 0.503. The molecule has 1 N–H and O–H groups in total. The second-order valence-electron chi connectivity index (χ2n) is 5.03. The van der Waals surface area contributed by atoms with Crippen LogP contribution in [0.15, 0.2) is 48.5 Å². The number of carbonyl (C=O) groups is 1. The minimum Gasteiger partial charge on any atom is -0.322 e. The van der Waals surface area contributed by atoms with Crippen molar-refractivity contribution in [2.24, 2.45) is 7.05 Å². The van der Waals surface area contributed by atoms with Gasteiger partial charge in [0.25, 0.3) is 5.91 Å². The Bertz CT molecular complexity index is 825. The first-order valence-corrected chi connectivity index (χ1v) is 6.84. The number of aryl methyl sites for hydroxylation is 2. The first kappa shape index (κ1) is 13.9. The molecule has 0 bridgehead atoms. The van der Waals surface area contributed by atoms with Crippen LogP contribution in [-0.4, -0.2) is 26.1 Å². The molecule has 1 amide bonds. The Hall–Kier alpha value is -3.02. The number of nitrogens with one attached hydrogen (secondary N) is 1. The molecule has 0 aliphatic carbocycles. The average molecular weight is 293 g/mol. The van der Waals surface area contributed by atoms with Crippen LogP contribution in [0.1, 0.15) is 15.9 Å². The molecule has 0 saturated heterocycles.